The summed E-state index contributed by atoms with van der Waals surface area (Å²) >= 11 is 0. The lowest BCUT2D eigenvalue weighted by molar-refractivity contribution is 0.0946. The summed E-state index contributed by atoms with van der Waals surface area (Å²) in [5.41, 5.74) is 10.7. The molecule has 1 amide bonds. The van der Waals surface area contributed by atoms with Gasteiger partial charge in [0.1, 0.15) is 17.3 Å². The van der Waals surface area contributed by atoms with Gasteiger partial charge in [-0.3, -0.25) is 4.79 Å². The van der Waals surface area contributed by atoms with Crippen LogP contribution in [0.15, 0.2) is 42.6 Å². The van der Waals surface area contributed by atoms with Crippen LogP contribution in [0.1, 0.15) is 35.7 Å². The highest BCUT2D eigenvalue weighted by Crippen LogP contribution is 2.32. The van der Waals surface area contributed by atoms with E-state index in [1.165, 1.54) is 6.20 Å². The zero-order chi connectivity index (χ0) is 21.5. The molecule has 0 spiro atoms. The van der Waals surface area contributed by atoms with Crippen LogP contribution >= 0.6 is 0 Å². The van der Waals surface area contributed by atoms with Gasteiger partial charge in [-0.1, -0.05) is 6.07 Å². The van der Waals surface area contributed by atoms with Crippen LogP contribution < -0.4 is 16.0 Å². The molecule has 158 valence electrons. The number of halogens is 1. The van der Waals surface area contributed by atoms with Crippen LogP contribution in [0, 0.1) is 5.82 Å². The van der Waals surface area contributed by atoms with Gasteiger partial charge in [0.05, 0.1) is 11.9 Å². The maximum atomic E-state index is 15.0. The van der Waals surface area contributed by atoms with E-state index in [1.54, 1.807) is 18.2 Å². The summed E-state index contributed by atoms with van der Waals surface area (Å²) in [6.07, 6.45) is 4.49. The first-order chi connectivity index (χ1) is 15.0. The molecule has 2 aliphatic heterocycles. The number of carbonyl (C=O) groups excluding carboxylic acids is 1. The molecule has 1 saturated heterocycles. The number of nitrogens with zero attached hydrogens (tertiary/aromatic N) is 3. The smallest absolute Gasteiger partial charge is 0.251 e. The molecule has 5 rings (SSSR count). The summed E-state index contributed by atoms with van der Waals surface area (Å²) < 4.78 is 15.0. The second kappa shape index (κ2) is 7.65. The predicted octanol–water partition coefficient (Wildman–Crippen LogP) is 3.81. The van der Waals surface area contributed by atoms with Crippen LogP contribution in [0.3, 0.4) is 0 Å². The molecule has 1 atom stereocenters. The highest BCUT2D eigenvalue weighted by Gasteiger charge is 2.22. The van der Waals surface area contributed by atoms with Crippen LogP contribution in [0.25, 0.3) is 22.5 Å². The third-order valence-corrected chi connectivity index (χ3v) is 6.22. The number of hydrogen-bond acceptors (Lipinski definition) is 5. The van der Waals surface area contributed by atoms with Crippen molar-refractivity contribution < 1.29 is 9.18 Å². The van der Waals surface area contributed by atoms with Gasteiger partial charge in [0, 0.05) is 41.5 Å². The van der Waals surface area contributed by atoms with Gasteiger partial charge >= 0.3 is 0 Å². The summed E-state index contributed by atoms with van der Waals surface area (Å²) in [6.45, 7) is 3.71. The van der Waals surface area contributed by atoms with Gasteiger partial charge in [-0.15, -0.1) is 0 Å². The molecular weight excluding hydrogens is 393 g/mol. The molecular formula is C24H24FN5O. The number of amides is 1. The fraction of sp³-hybridized carbons (Fsp3) is 0.292. The van der Waals surface area contributed by atoms with Crippen molar-refractivity contribution in [1.29, 1.82) is 0 Å². The molecule has 0 saturated carbocycles. The van der Waals surface area contributed by atoms with Crippen molar-refractivity contribution in [3.63, 3.8) is 0 Å². The molecule has 0 bridgehead atoms. The molecule has 1 aromatic heterocycles. The Morgan fingerprint density at radius 2 is 2.03 bits per heavy atom. The van der Waals surface area contributed by atoms with Gasteiger partial charge in [0.25, 0.3) is 5.91 Å². The standard InChI is InChI=1S/C24H24FN5O/c1-14-3-2-10-30(14)17-5-7-19(20(25)12-17)21-13-28-23(26)22(29-21)16-4-6-18-15(11-16)8-9-27-24(18)31/h4-7,11-14H,2-3,8-10H2,1H3,(H2,26,28)(H,27,31). The Balaban J connectivity index is 1.51. The van der Waals surface area contributed by atoms with Crippen LogP contribution in [0.4, 0.5) is 15.9 Å². The zero-order valence-corrected chi connectivity index (χ0v) is 17.4. The molecule has 0 radical (unpaired) electrons. The first kappa shape index (κ1) is 19.5. The van der Waals surface area contributed by atoms with Gasteiger partial charge < -0.3 is 16.0 Å². The van der Waals surface area contributed by atoms with E-state index in [0.717, 1.165) is 42.6 Å². The number of hydrogen-bond donors (Lipinski definition) is 2. The van der Waals surface area contributed by atoms with Crippen molar-refractivity contribution in [1.82, 2.24) is 15.3 Å². The number of rotatable bonds is 3. The van der Waals surface area contributed by atoms with Crippen molar-refractivity contribution in [3.8, 4) is 22.5 Å². The Kier molecular flexibility index (Phi) is 4.81. The molecule has 3 N–H and O–H groups in total. The van der Waals surface area contributed by atoms with Crippen molar-refractivity contribution in [3.05, 3.63) is 59.5 Å². The Bertz CT molecular complexity index is 1180. The number of nitrogens with two attached hydrogens (primary N) is 1. The average Bonchev–Trinajstić information content (AvgIpc) is 3.20. The van der Waals surface area contributed by atoms with Gasteiger partial charge in [0.15, 0.2) is 0 Å². The molecule has 7 heteroatoms. The van der Waals surface area contributed by atoms with Gasteiger partial charge in [0.2, 0.25) is 0 Å². The normalized spacial score (nSPS) is 18.1. The lowest BCUT2D eigenvalue weighted by Gasteiger charge is -2.24. The number of anilines is 2. The minimum Gasteiger partial charge on any atom is -0.382 e. The fourth-order valence-electron chi connectivity index (χ4n) is 4.52. The van der Waals surface area contributed by atoms with E-state index in [1.807, 2.05) is 18.2 Å². The topological polar surface area (TPSA) is 84.1 Å². The number of fused-ring (bicyclic) bond motifs is 1. The molecule has 3 aromatic rings. The maximum absolute atomic E-state index is 15.0. The quantitative estimate of drug-likeness (QED) is 0.677. The third kappa shape index (κ3) is 3.50. The van der Waals surface area contributed by atoms with Crippen LogP contribution in [-0.2, 0) is 6.42 Å². The summed E-state index contributed by atoms with van der Waals surface area (Å²) in [6, 6.07) is 11.2. The number of nitrogen functional groups attached to an aromatic ring is 1. The van der Waals surface area contributed by atoms with E-state index < -0.39 is 0 Å². The molecule has 1 fully saturated rings. The minimum absolute atomic E-state index is 0.0740. The second-order valence-electron chi connectivity index (χ2n) is 8.22. The number of aromatic nitrogens is 2. The average molecular weight is 417 g/mol. The predicted molar refractivity (Wildman–Crippen MR) is 119 cm³/mol. The van der Waals surface area contributed by atoms with Crippen molar-refractivity contribution in [2.45, 2.75) is 32.2 Å². The van der Waals surface area contributed by atoms with Gasteiger partial charge in [-0.05, 0) is 62.1 Å². The van der Waals surface area contributed by atoms with E-state index in [-0.39, 0.29) is 17.5 Å². The van der Waals surface area contributed by atoms with E-state index in [9.17, 15) is 4.79 Å². The monoisotopic (exact) mass is 417 g/mol. The lowest BCUT2D eigenvalue weighted by atomic mass is 9.96. The van der Waals surface area contributed by atoms with E-state index in [4.69, 9.17) is 5.73 Å². The molecule has 6 nitrogen and oxygen atoms in total. The van der Waals surface area contributed by atoms with Gasteiger partial charge in [-0.2, -0.15) is 0 Å². The van der Waals surface area contributed by atoms with E-state index in [2.05, 4.69) is 27.1 Å². The second-order valence-corrected chi connectivity index (χ2v) is 8.22. The summed E-state index contributed by atoms with van der Waals surface area (Å²) in [5.74, 6) is -0.134. The van der Waals surface area contributed by atoms with Crippen LogP contribution in [0.2, 0.25) is 0 Å². The van der Waals surface area contributed by atoms with E-state index in [0.29, 0.717) is 35.1 Å². The minimum atomic E-state index is -0.330. The molecule has 1 unspecified atom stereocenters. The number of carbonyl (C=O) groups is 1. The lowest BCUT2D eigenvalue weighted by Crippen LogP contribution is -2.31. The van der Waals surface area contributed by atoms with Crippen molar-refractivity contribution in [2.24, 2.45) is 0 Å². The van der Waals surface area contributed by atoms with E-state index >= 15 is 4.39 Å². The molecule has 2 aromatic carbocycles. The molecule has 3 heterocycles. The Hall–Kier alpha value is -3.48. The molecule has 31 heavy (non-hydrogen) atoms. The van der Waals surface area contributed by atoms with Crippen molar-refractivity contribution >= 4 is 17.4 Å². The fourth-order valence-corrected chi connectivity index (χ4v) is 4.52. The number of benzene rings is 2. The highest BCUT2D eigenvalue weighted by atomic mass is 19.1. The summed E-state index contributed by atoms with van der Waals surface area (Å²) in [7, 11) is 0. The summed E-state index contributed by atoms with van der Waals surface area (Å²) in [5, 5.41) is 2.84. The Labute approximate surface area is 180 Å². The third-order valence-electron chi connectivity index (χ3n) is 6.22. The Morgan fingerprint density at radius 3 is 2.81 bits per heavy atom. The molecule has 0 aliphatic carbocycles. The zero-order valence-electron chi connectivity index (χ0n) is 17.4. The van der Waals surface area contributed by atoms with Crippen LogP contribution in [-0.4, -0.2) is 35.0 Å². The summed E-state index contributed by atoms with van der Waals surface area (Å²) in [4.78, 5) is 23.2. The van der Waals surface area contributed by atoms with Crippen molar-refractivity contribution in [2.75, 3.05) is 23.7 Å². The number of nitrogens with one attached hydrogen (secondary N) is 1. The van der Waals surface area contributed by atoms with Crippen LogP contribution in [0.5, 0.6) is 0 Å². The first-order valence-electron chi connectivity index (χ1n) is 10.6. The Morgan fingerprint density at radius 1 is 1.19 bits per heavy atom. The largest absolute Gasteiger partial charge is 0.382 e. The SMILES string of the molecule is CC1CCCN1c1ccc(-c2cnc(N)c(-c3ccc4c(c3)CCNC4=O)n2)c(F)c1. The first-order valence-corrected chi connectivity index (χ1v) is 10.6. The maximum Gasteiger partial charge on any atom is 0.251 e. The molecule has 2 aliphatic rings. The highest BCUT2D eigenvalue weighted by molar-refractivity contribution is 5.97. The van der Waals surface area contributed by atoms with Gasteiger partial charge in [-0.25, -0.2) is 14.4 Å².